The van der Waals surface area contributed by atoms with Crippen LogP contribution < -0.4 is 5.32 Å². The van der Waals surface area contributed by atoms with Crippen LogP contribution in [0.4, 0.5) is 17.6 Å². The largest absolute Gasteiger partial charge is 0.405 e. The summed E-state index contributed by atoms with van der Waals surface area (Å²) in [6.07, 6.45) is -2.83. The van der Waals surface area contributed by atoms with Gasteiger partial charge < -0.3 is 5.32 Å². The number of hydrogen-bond donors (Lipinski definition) is 1. The number of halogens is 4. The fourth-order valence-corrected chi connectivity index (χ4v) is 2.41. The van der Waals surface area contributed by atoms with Crippen LogP contribution in [-0.4, -0.2) is 23.6 Å². The van der Waals surface area contributed by atoms with E-state index in [9.17, 15) is 22.4 Å². The highest BCUT2D eigenvalue weighted by Gasteiger charge is 2.28. The number of rotatable bonds is 4. The number of amides is 1. The van der Waals surface area contributed by atoms with E-state index in [1.165, 1.54) is 18.3 Å². The first-order valence-corrected chi connectivity index (χ1v) is 6.69. The van der Waals surface area contributed by atoms with Crippen LogP contribution in [0.25, 0.3) is 0 Å². The molecular weight excluding hydrogens is 308 g/mol. The van der Waals surface area contributed by atoms with Gasteiger partial charge in [0.05, 0.1) is 11.2 Å². The van der Waals surface area contributed by atoms with Crippen molar-refractivity contribution in [2.75, 3.05) is 6.54 Å². The lowest BCUT2D eigenvalue weighted by Crippen LogP contribution is -2.33. The van der Waals surface area contributed by atoms with E-state index in [0.717, 1.165) is 16.9 Å². The van der Waals surface area contributed by atoms with Gasteiger partial charge in [-0.05, 0) is 17.7 Å². The highest BCUT2D eigenvalue weighted by Crippen LogP contribution is 2.18. The molecule has 0 aliphatic rings. The van der Waals surface area contributed by atoms with Crippen molar-refractivity contribution < 1.29 is 22.4 Å². The van der Waals surface area contributed by atoms with Crippen LogP contribution in [-0.2, 0) is 6.42 Å². The molecule has 0 spiro atoms. The van der Waals surface area contributed by atoms with Gasteiger partial charge in [0.1, 0.15) is 17.2 Å². The van der Waals surface area contributed by atoms with E-state index in [0.29, 0.717) is 11.4 Å². The summed E-state index contributed by atoms with van der Waals surface area (Å²) in [4.78, 5) is 15.6. The minimum absolute atomic E-state index is 0.108. The Morgan fingerprint density at radius 1 is 1.24 bits per heavy atom. The summed E-state index contributed by atoms with van der Waals surface area (Å²) >= 11 is 1.01. The van der Waals surface area contributed by atoms with E-state index in [2.05, 4.69) is 4.98 Å². The molecule has 0 saturated heterocycles. The van der Waals surface area contributed by atoms with Crippen LogP contribution >= 0.6 is 11.3 Å². The molecule has 21 heavy (non-hydrogen) atoms. The van der Waals surface area contributed by atoms with E-state index >= 15 is 0 Å². The zero-order valence-corrected chi connectivity index (χ0v) is 11.4. The maximum Gasteiger partial charge on any atom is 0.405 e. The fraction of sp³-hybridized carbons (Fsp3) is 0.231. The molecule has 1 amide bonds. The molecule has 8 heteroatoms. The Hall–Kier alpha value is -1.96. The Morgan fingerprint density at radius 2 is 1.90 bits per heavy atom. The molecule has 0 aliphatic heterocycles. The van der Waals surface area contributed by atoms with Crippen molar-refractivity contribution in [3.63, 3.8) is 0 Å². The molecule has 0 aliphatic carbocycles. The summed E-state index contributed by atoms with van der Waals surface area (Å²) in [5.41, 5.74) is 0.799. The lowest BCUT2D eigenvalue weighted by Gasteiger charge is -2.06. The van der Waals surface area contributed by atoms with Crippen molar-refractivity contribution in [3.05, 3.63) is 51.7 Å². The normalized spacial score (nSPS) is 11.4. The second-order valence-electron chi connectivity index (χ2n) is 4.22. The first-order valence-electron chi connectivity index (χ1n) is 5.87. The SMILES string of the molecule is O=C(NCC(F)(F)F)c1cnc(Cc2ccc(F)cc2)s1. The van der Waals surface area contributed by atoms with E-state index in [1.807, 2.05) is 0 Å². The van der Waals surface area contributed by atoms with Crippen molar-refractivity contribution in [2.24, 2.45) is 0 Å². The third-order valence-electron chi connectivity index (χ3n) is 2.50. The first-order chi connectivity index (χ1) is 9.83. The fourth-order valence-electron chi connectivity index (χ4n) is 1.54. The van der Waals surface area contributed by atoms with Gasteiger partial charge in [0.2, 0.25) is 0 Å². The van der Waals surface area contributed by atoms with Crippen LogP contribution in [0.2, 0.25) is 0 Å². The van der Waals surface area contributed by atoms with Crippen LogP contribution in [0.5, 0.6) is 0 Å². The van der Waals surface area contributed by atoms with Crippen molar-refractivity contribution in [1.29, 1.82) is 0 Å². The minimum atomic E-state index is -4.45. The predicted octanol–water partition coefficient (Wildman–Crippen LogP) is 3.17. The molecule has 0 radical (unpaired) electrons. The van der Waals surface area contributed by atoms with Crippen molar-refractivity contribution in [1.82, 2.24) is 10.3 Å². The smallest absolute Gasteiger partial charge is 0.342 e. The van der Waals surface area contributed by atoms with Gasteiger partial charge in [-0.1, -0.05) is 12.1 Å². The number of thiazole rings is 1. The lowest BCUT2D eigenvalue weighted by molar-refractivity contribution is -0.123. The number of benzene rings is 1. The van der Waals surface area contributed by atoms with Gasteiger partial charge >= 0.3 is 6.18 Å². The summed E-state index contributed by atoms with van der Waals surface area (Å²) in [6.45, 7) is -1.38. The Morgan fingerprint density at radius 3 is 2.52 bits per heavy atom. The topological polar surface area (TPSA) is 42.0 Å². The van der Waals surface area contributed by atoms with Crippen molar-refractivity contribution >= 4 is 17.2 Å². The van der Waals surface area contributed by atoms with Crippen molar-refractivity contribution in [3.8, 4) is 0 Å². The third kappa shape index (κ3) is 4.82. The summed E-state index contributed by atoms with van der Waals surface area (Å²) in [5.74, 6) is -1.17. The Labute approximate surface area is 121 Å². The second-order valence-corrected chi connectivity index (χ2v) is 5.33. The molecule has 0 saturated carbocycles. The van der Waals surface area contributed by atoms with Gasteiger partial charge in [0.15, 0.2) is 0 Å². The Kier molecular flexibility index (Phi) is 4.56. The molecule has 0 fully saturated rings. The number of nitrogens with zero attached hydrogens (tertiary/aromatic N) is 1. The van der Waals surface area contributed by atoms with Crippen LogP contribution in [0.3, 0.4) is 0 Å². The number of carbonyl (C=O) groups is 1. The monoisotopic (exact) mass is 318 g/mol. The molecule has 3 nitrogen and oxygen atoms in total. The molecule has 0 atom stereocenters. The third-order valence-corrected chi connectivity index (χ3v) is 3.49. The molecule has 1 aromatic heterocycles. The number of hydrogen-bond acceptors (Lipinski definition) is 3. The molecule has 2 rings (SSSR count). The summed E-state index contributed by atoms with van der Waals surface area (Å²) in [5, 5.41) is 2.35. The Bertz CT molecular complexity index is 622. The van der Waals surface area contributed by atoms with Gasteiger partial charge in [-0.2, -0.15) is 13.2 Å². The maximum atomic E-state index is 12.8. The van der Waals surface area contributed by atoms with E-state index < -0.39 is 18.6 Å². The number of carbonyl (C=O) groups excluding carboxylic acids is 1. The van der Waals surface area contributed by atoms with Crippen LogP contribution in [0.1, 0.15) is 20.2 Å². The molecule has 2 aromatic rings. The standard InChI is InChI=1S/C13H10F4N2OS/c14-9-3-1-8(2-4-9)5-11-18-6-10(21-11)12(20)19-7-13(15,16)17/h1-4,6H,5,7H2,(H,19,20). The second kappa shape index (κ2) is 6.21. The number of aromatic nitrogens is 1. The van der Waals surface area contributed by atoms with Gasteiger partial charge in [-0.15, -0.1) is 11.3 Å². The summed E-state index contributed by atoms with van der Waals surface area (Å²) in [7, 11) is 0. The van der Waals surface area contributed by atoms with Gasteiger partial charge in [-0.25, -0.2) is 9.37 Å². The van der Waals surface area contributed by atoms with E-state index in [4.69, 9.17) is 0 Å². The quantitative estimate of drug-likeness (QED) is 0.880. The first kappa shape index (κ1) is 15.4. The average Bonchev–Trinajstić information content (AvgIpc) is 2.86. The molecule has 0 bridgehead atoms. The zero-order chi connectivity index (χ0) is 15.5. The summed E-state index contributed by atoms with van der Waals surface area (Å²) < 4.78 is 48.8. The number of nitrogens with one attached hydrogen (secondary N) is 1. The molecule has 0 unspecified atom stereocenters. The van der Waals surface area contributed by atoms with Gasteiger partial charge in [0, 0.05) is 6.42 Å². The number of alkyl halides is 3. The molecule has 112 valence electrons. The molecule has 1 heterocycles. The highest BCUT2D eigenvalue weighted by molar-refractivity contribution is 7.13. The summed E-state index contributed by atoms with van der Waals surface area (Å²) in [6, 6.07) is 5.78. The predicted molar refractivity (Wildman–Crippen MR) is 69.7 cm³/mol. The lowest BCUT2D eigenvalue weighted by atomic mass is 10.2. The van der Waals surface area contributed by atoms with E-state index in [1.54, 1.807) is 17.4 Å². The average molecular weight is 318 g/mol. The van der Waals surface area contributed by atoms with Crippen molar-refractivity contribution in [2.45, 2.75) is 12.6 Å². The van der Waals surface area contributed by atoms with E-state index in [-0.39, 0.29) is 10.7 Å². The Balaban J connectivity index is 1.97. The van der Waals surface area contributed by atoms with Gasteiger partial charge in [0.25, 0.3) is 5.91 Å². The molecular formula is C13H10F4N2OS. The zero-order valence-electron chi connectivity index (χ0n) is 10.6. The van der Waals surface area contributed by atoms with Gasteiger partial charge in [-0.3, -0.25) is 4.79 Å². The van der Waals surface area contributed by atoms with Crippen LogP contribution in [0, 0.1) is 5.82 Å². The molecule has 1 N–H and O–H groups in total. The maximum absolute atomic E-state index is 12.8. The van der Waals surface area contributed by atoms with Crippen LogP contribution in [0.15, 0.2) is 30.5 Å². The highest BCUT2D eigenvalue weighted by atomic mass is 32.1. The molecule has 1 aromatic carbocycles. The minimum Gasteiger partial charge on any atom is -0.342 e.